The maximum Gasteiger partial charge on any atom is 0.345 e. The number of carbonyl (C=O) groups excluding carboxylic acids is 1. The number of carbonyl (C=O) groups is 2. The van der Waals surface area contributed by atoms with Crippen LogP contribution in [0.4, 0.5) is 0 Å². The number of rotatable bonds is 11. The van der Waals surface area contributed by atoms with Crippen molar-refractivity contribution in [3.63, 3.8) is 0 Å². The molecule has 41 heavy (non-hydrogen) atoms. The Morgan fingerprint density at radius 2 is 1.37 bits per heavy atom. The summed E-state index contributed by atoms with van der Waals surface area (Å²) in [6.07, 6.45) is 3.42. The van der Waals surface area contributed by atoms with Crippen LogP contribution in [0.5, 0.6) is 40.2 Å². The molecule has 0 heterocycles. The van der Waals surface area contributed by atoms with Gasteiger partial charge in [0, 0.05) is 18.5 Å². The number of hydrogen-bond acceptors (Lipinski definition) is 11. The van der Waals surface area contributed by atoms with Crippen LogP contribution in [0.2, 0.25) is 0 Å². The molecule has 0 saturated carbocycles. The lowest BCUT2D eigenvalue weighted by Gasteiger charge is -2.24. The van der Waals surface area contributed by atoms with E-state index in [1.54, 1.807) is 6.92 Å². The monoisotopic (exact) mass is 567 g/mol. The molecule has 3 aromatic carbocycles. The number of benzene rings is 3. The summed E-state index contributed by atoms with van der Waals surface area (Å²) in [5.74, 6) is -7.41. The lowest BCUT2D eigenvalue weighted by molar-refractivity contribution is -0.162. The van der Waals surface area contributed by atoms with Crippen molar-refractivity contribution in [3.8, 4) is 40.2 Å². The third kappa shape index (κ3) is 7.61. The van der Waals surface area contributed by atoms with Gasteiger partial charge in [-0.1, -0.05) is 25.1 Å². The average Bonchev–Trinajstić information content (AvgIpc) is 2.92. The number of likely N-dealkylation sites (N-methyl/N-ethyl adjacent to an activating group) is 1. The molecule has 9 N–H and O–H groups in total. The molecular formula is C29H29NO11. The minimum Gasteiger partial charge on any atom is -0.504 e. The van der Waals surface area contributed by atoms with Gasteiger partial charge in [0.25, 0.3) is 0 Å². The first kappa shape index (κ1) is 30.2. The van der Waals surface area contributed by atoms with Crippen molar-refractivity contribution < 1.29 is 55.2 Å². The zero-order valence-electron chi connectivity index (χ0n) is 21.7. The number of aliphatic carboxylic acids is 1. The van der Waals surface area contributed by atoms with Gasteiger partial charge in [-0.05, 0) is 71.3 Å². The topological polar surface area (TPSA) is 217 Å². The van der Waals surface area contributed by atoms with Gasteiger partial charge in [-0.3, -0.25) is 0 Å². The minimum atomic E-state index is -1.77. The first-order valence-electron chi connectivity index (χ1n) is 12.2. The summed E-state index contributed by atoms with van der Waals surface area (Å²) >= 11 is 0. The number of phenolic OH excluding ortho intramolecular Hbond substituents is 7. The van der Waals surface area contributed by atoms with E-state index in [0.29, 0.717) is 17.7 Å². The molecule has 0 fully saturated rings. The van der Waals surface area contributed by atoms with Gasteiger partial charge in [-0.15, -0.1) is 0 Å². The van der Waals surface area contributed by atoms with Crippen LogP contribution in [0.3, 0.4) is 0 Å². The molecule has 2 unspecified atom stereocenters. The molecule has 0 bridgehead atoms. The Morgan fingerprint density at radius 1 is 0.780 bits per heavy atom. The fraction of sp³-hybridized carbons (Fsp3) is 0.172. The Balaban J connectivity index is 1.89. The SMILES string of the molecule is CCNCC(c1cc(O)c(O)c(O)c1)C(OC(=O)C=Cc1cc(O)c(O)cc1C=Cc1ccc(O)c(O)c1)C(=O)O. The first-order chi connectivity index (χ1) is 19.4. The van der Waals surface area contributed by atoms with Crippen molar-refractivity contribution in [2.75, 3.05) is 13.1 Å². The molecule has 3 rings (SSSR count). The fourth-order valence-electron chi connectivity index (χ4n) is 3.89. The molecule has 0 aromatic heterocycles. The van der Waals surface area contributed by atoms with E-state index in [4.69, 9.17) is 4.74 Å². The number of esters is 1. The van der Waals surface area contributed by atoms with E-state index in [1.807, 2.05) is 0 Å². The highest BCUT2D eigenvalue weighted by molar-refractivity contribution is 5.91. The van der Waals surface area contributed by atoms with Gasteiger partial charge >= 0.3 is 11.9 Å². The van der Waals surface area contributed by atoms with E-state index in [2.05, 4.69) is 5.32 Å². The van der Waals surface area contributed by atoms with Crippen molar-refractivity contribution >= 4 is 30.2 Å². The molecule has 0 saturated heterocycles. The highest BCUT2D eigenvalue weighted by atomic mass is 16.6. The predicted molar refractivity (Wildman–Crippen MR) is 148 cm³/mol. The van der Waals surface area contributed by atoms with Crippen LogP contribution >= 0.6 is 0 Å². The summed E-state index contributed by atoms with van der Waals surface area (Å²) in [6, 6.07) is 8.59. The normalized spacial score (nSPS) is 12.9. The van der Waals surface area contributed by atoms with Gasteiger partial charge in [0.2, 0.25) is 6.10 Å². The summed E-state index contributed by atoms with van der Waals surface area (Å²) in [5.41, 5.74) is 1.14. The third-order valence-electron chi connectivity index (χ3n) is 6.02. The molecule has 0 radical (unpaired) electrons. The van der Waals surface area contributed by atoms with Crippen molar-refractivity contribution in [1.29, 1.82) is 0 Å². The molecule has 12 heteroatoms. The van der Waals surface area contributed by atoms with Crippen molar-refractivity contribution in [1.82, 2.24) is 5.32 Å². The molecule has 0 aliphatic rings. The Kier molecular flexibility index (Phi) is 9.67. The number of ether oxygens (including phenoxy) is 1. The van der Waals surface area contributed by atoms with Gasteiger partial charge < -0.3 is 50.9 Å². The molecular weight excluding hydrogens is 538 g/mol. The van der Waals surface area contributed by atoms with Gasteiger partial charge in [-0.25, -0.2) is 9.59 Å². The van der Waals surface area contributed by atoms with Crippen LogP contribution in [0.25, 0.3) is 18.2 Å². The molecule has 0 amide bonds. The summed E-state index contributed by atoms with van der Waals surface area (Å²) in [5, 5.41) is 81.4. The largest absolute Gasteiger partial charge is 0.504 e. The standard InChI is InChI=1S/C29H29NO11/c1-2-30-14-19(18-12-24(35)27(38)25(36)13-18)28(29(39)40)41-26(37)8-6-17-11-23(34)22(33)10-16(17)5-3-15-4-7-20(31)21(32)9-15/h3-13,19,28,30-36,38H,2,14H2,1H3,(H,39,40). The molecule has 12 nitrogen and oxygen atoms in total. The van der Waals surface area contributed by atoms with Crippen LogP contribution in [-0.2, 0) is 14.3 Å². The Bertz CT molecular complexity index is 1470. The highest BCUT2D eigenvalue weighted by Crippen LogP contribution is 2.39. The van der Waals surface area contributed by atoms with Crippen LogP contribution in [-0.4, -0.2) is 72.0 Å². The zero-order valence-corrected chi connectivity index (χ0v) is 21.7. The second-order valence-corrected chi connectivity index (χ2v) is 8.90. The lowest BCUT2D eigenvalue weighted by Crippen LogP contribution is -2.38. The van der Waals surface area contributed by atoms with Crippen LogP contribution in [0, 0.1) is 0 Å². The summed E-state index contributed by atoms with van der Waals surface area (Å²) in [4.78, 5) is 24.8. The molecule has 0 aliphatic carbocycles. The van der Waals surface area contributed by atoms with Gasteiger partial charge in [0.15, 0.2) is 40.2 Å². The summed E-state index contributed by atoms with van der Waals surface area (Å²) < 4.78 is 5.23. The molecule has 0 aliphatic heterocycles. The maximum atomic E-state index is 12.7. The van der Waals surface area contributed by atoms with E-state index in [-0.39, 0.29) is 29.2 Å². The van der Waals surface area contributed by atoms with Crippen LogP contribution < -0.4 is 5.32 Å². The fourth-order valence-corrected chi connectivity index (χ4v) is 3.89. The maximum absolute atomic E-state index is 12.7. The number of phenols is 7. The number of carboxylic acids is 1. The van der Waals surface area contributed by atoms with E-state index >= 15 is 0 Å². The quantitative estimate of drug-likeness (QED) is 0.0706. The number of nitrogens with one attached hydrogen (secondary N) is 1. The molecule has 3 aromatic rings. The smallest absolute Gasteiger partial charge is 0.345 e. The second kappa shape index (κ2) is 13.1. The summed E-state index contributed by atoms with van der Waals surface area (Å²) in [7, 11) is 0. The third-order valence-corrected chi connectivity index (χ3v) is 6.02. The lowest BCUT2D eigenvalue weighted by atomic mass is 9.92. The van der Waals surface area contributed by atoms with Crippen molar-refractivity contribution in [2.45, 2.75) is 18.9 Å². The van der Waals surface area contributed by atoms with E-state index < -0.39 is 52.7 Å². The Hall–Kier alpha value is -5.36. The Labute approximate surface area is 234 Å². The molecule has 0 spiro atoms. The van der Waals surface area contributed by atoms with E-state index in [1.165, 1.54) is 42.5 Å². The number of carboxylic acid groups (broad SMARTS) is 1. The van der Waals surface area contributed by atoms with E-state index in [0.717, 1.165) is 24.3 Å². The minimum absolute atomic E-state index is 0.0261. The van der Waals surface area contributed by atoms with Crippen LogP contribution in [0.1, 0.15) is 35.1 Å². The van der Waals surface area contributed by atoms with E-state index in [9.17, 15) is 50.4 Å². The number of aromatic hydroxyl groups is 7. The summed E-state index contributed by atoms with van der Waals surface area (Å²) in [6.45, 7) is 2.16. The molecule has 216 valence electrons. The predicted octanol–water partition coefficient (Wildman–Crippen LogP) is 3.20. The second-order valence-electron chi connectivity index (χ2n) is 8.90. The molecule has 2 atom stereocenters. The zero-order chi connectivity index (χ0) is 30.3. The first-order valence-corrected chi connectivity index (χ1v) is 12.2. The number of hydrogen-bond donors (Lipinski definition) is 9. The highest BCUT2D eigenvalue weighted by Gasteiger charge is 2.33. The van der Waals surface area contributed by atoms with Crippen molar-refractivity contribution in [3.05, 3.63) is 70.8 Å². The average molecular weight is 568 g/mol. The van der Waals surface area contributed by atoms with Gasteiger partial charge in [0.05, 0.1) is 0 Å². The van der Waals surface area contributed by atoms with Gasteiger partial charge in [-0.2, -0.15) is 0 Å². The van der Waals surface area contributed by atoms with Gasteiger partial charge in [0.1, 0.15) is 0 Å². The van der Waals surface area contributed by atoms with Crippen LogP contribution in [0.15, 0.2) is 48.5 Å². The Morgan fingerprint density at radius 3 is 1.93 bits per heavy atom. The van der Waals surface area contributed by atoms with Crippen molar-refractivity contribution in [2.24, 2.45) is 0 Å².